The molecule has 0 aliphatic heterocycles. The number of carbonyl (C=O) groups excluding carboxylic acids is 1. The zero-order valence-electron chi connectivity index (χ0n) is 10.3. The molecule has 0 fully saturated rings. The largest absolute Gasteiger partial charge is 0.396 e. The van der Waals surface area contributed by atoms with Gasteiger partial charge in [-0.25, -0.2) is 4.39 Å². The number of nitrogens with zero attached hydrogens (tertiary/aromatic N) is 1. The molecule has 0 bridgehead atoms. The van der Waals surface area contributed by atoms with Crippen LogP contribution in [0.25, 0.3) is 0 Å². The van der Waals surface area contributed by atoms with Crippen molar-refractivity contribution in [2.75, 3.05) is 20.2 Å². The summed E-state index contributed by atoms with van der Waals surface area (Å²) in [6.07, 6.45) is 2.44. The van der Waals surface area contributed by atoms with Gasteiger partial charge in [-0.15, -0.1) is 0 Å². The average molecular weight is 318 g/mol. The molecule has 1 aromatic carbocycles. The lowest BCUT2D eigenvalue weighted by Crippen LogP contribution is -2.28. The summed E-state index contributed by atoms with van der Waals surface area (Å²) >= 11 is 3.09. The van der Waals surface area contributed by atoms with Crippen LogP contribution in [-0.2, 0) is 0 Å². The molecule has 0 aromatic heterocycles. The second-order valence-electron chi connectivity index (χ2n) is 4.11. The molecule has 1 N–H and O–H groups in total. The number of amides is 1. The summed E-state index contributed by atoms with van der Waals surface area (Å²) in [7, 11) is 1.69. The normalized spacial score (nSPS) is 10.4. The number of carbonyl (C=O) groups is 1. The van der Waals surface area contributed by atoms with E-state index in [-0.39, 0.29) is 17.0 Å². The topological polar surface area (TPSA) is 40.5 Å². The molecule has 3 nitrogen and oxygen atoms in total. The highest BCUT2D eigenvalue weighted by Gasteiger charge is 2.16. The van der Waals surface area contributed by atoms with Crippen LogP contribution < -0.4 is 0 Å². The lowest BCUT2D eigenvalue weighted by molar-refractivity contribution is 0.0790. The third-order valence-electron chi connectivity index (χ3n) is 2.68. The highest BCUT2D eigenvalue weighted by atomic mass is 79.9. The molecule has 1 amide bonds. The first-order chi connectivity index (χ1) is 8.57. The Hall–Kier alpha value is -0.940. The van der Waals surface area contributed by atoms with Crippen molar-refractivity contribution in [1.82, 2.24) is 4.90 Å². The van der Waals surface area contributed by atoms with E-state index < -0.39 is 5.82 Å². The van der Waals surface area contributed by atoms with Crippen LogP contribution in [0.15, 0.2) is 22.7 Å². The van der Waals surface area contributed by atoms with Crippen molar-refractivity contribution in [1.29, 1.82) is 0 Å². The highest BCUT2D eigenvalue weighted by Crippen LogP contribution is 2.21. The minimum absolute atomic E-state index is 0.174. The van der Waals surface area contributed by atoms with E-state index >= 15 is 0 Å². The van der Waals surface area contributed by atoms with Crippen LogP contribution >= 0.6 is 15.9 Å². The number of unbranched alkanes of at least 4 members (excludes halogenated alkanes) is 2. The Labute approximate surface area is 115 Å². The zero-order valence-corrected chi connectivity index (χ0v) is 11.9. The number of halogens is 2. The van der Waals surface area contributed by atoms with Gasteiger partial charge in [-0.1, -0.05) is 6.07 Å². The maximum Gasteiger partial charge on any atom is 0.254 e. The van der Waals surface area contributed by atoms with Gasteiger partial charge < -0.3 is 10.0 Å². The van der Waals surface area contributed by atoms with Gasteiger partial charge in [0.15, 0.2) is 0 Å². The van der Waals surface area contributed by atoms with Crippen molar-refractivity contribution in [2.24, 2.45) is 0 Å². The Morgan fingerprint density at radius 3 is 2.78 bits per heavy atom. The van der Waals surface area contributed by atoms with Crippen molar-refractivity contribution in [3.63, 3.8) is 0 Å². The fraction of sp³-hybridized carbons (Fsp3) is 0.462. The van der Waals surface area contributed by atoms with E-state index in [2.05, 4.69) is 15.9 Å². The van der Waals surface area contributed by atoms with Crippen molar-refractivity contribution in [3.8, 4) is 0 Å². The fourth-order valence-corrected chi connectivity index (χ4v) is 2.05. The molecule has 0 spiro atoms. The first-order valence-corrected chi connectivity index (χ1v) is 6.67. The van der Waals surface area contributed by atoms with Crippen molar-refractivity contribution in [2.45, 2.75) is 19.3 Å². The molecule has 0 saturated carbocycles. The van der Waals surface area contributed by atoms with Crippen LogP contribution in [0, 0.1) is 5.82 Å². The molecule has 0 atom stereocenters. The summed E-state index contributed by atoms with van der Waals surface area (Å²) in [6, 6.07) is 4.43. The first kappa shape index (κ1) is 15.1. The minimum Gasteiger partial charge on any atom is -0.396 e. The third-order valence-corrected chi connectivity index (χ3v) is 3.49. The maximum absolute atomic E-state index is 13.3. The van der Waals surface area contributed by atoms with Crippen molar-refractivity contribution in [3.05, 3.63) is 34.1 Å². The van der Waals surface area contributed by atoms with Crippen LogP contribution in [0.5, 0.6) is 0 Å². The number of benzene rings is 1. The van der Waals surface area contributed by atoms with Crippen LogP contribution in [0.3, 0.4) is 0 Å². The van der Waals surface area contributed by atoms with Gasteiger partial charge in [0.05, 0.1) is 10.0 Å². The molecule has 0 heterocycles. The van der Waals surface area contributed by atoms with E-state index in [9.17, 15) is 9.18 Å². The Kier molecular flexibility index (Phi) is 6.29. The van der Waals surface area contributed by atoms with Crippen LogP contribution in [0.4, 0.5) is 4.39 Å². The predicted octanol–water partition coefficient (Wildman–Crippen LogP) is 2.82. The van der Waals surface area contributed by atoms with Gasteiger partial charge in [-0.05, 0) is 47.3 Å². The van der Waals surface area contributed by atoms with E-state index in [1.807, 2.05) is 0 Å². The number of hydrogen-bond acceptors (Lipinski definition) is 2. The smallest absolute Gasteiger partial charge is 0.254 e. The van der Waals surface area contributed by atoms with Gasteiger partial charge in [0.2, 0.25) is 0 Å². The lowest BCUT2D eigenvalue weighted by Gasteiger charge is -2.18. The van der Waals surface area contributed by atoms with Crippen LogP contribution in [-0.4, -0.2) is 36.1 Å². The molecule has 18 heavy (non-hydrogen) atoms. The molecular formula is C13H17BrFNO2. The van der Waals surface area contributed by atoms with Gasteiger partial charge >= 0.3 is 0 Å². The Morgan fingerprint density at radius 1 is 1.39 bits per heavy atom. The minimum atomic E-state index is -0.436. The molecule has 0 aliphatic carbocycles. The average Bonchev–Trinajstić information content (AvgIpc) is 2.37. The number of rotatable bonds is 6. The summed E-state index contributed by atoms with van der Waals surface area (Å²) < 4.78 is 13.5. The Morgan fingerprint density at radius 2 is 2.11 bits per heavy atom. The van der Waals surface area contributed by atoms with E-state index in [0.29, 0.717) is 12.1 Å². The Balaban J connectivity index is 2.60. The van der Waals surface area contributed by atoms with E-state index in [0.717, 1.165) is 19.3 Å². The molecule has 0 aliphatic rings. The summed E-state index contributed by atoms with van der Waals surface area (Å²) in [4.78, 5) is 13.6. The molecule has 1 rings (SSSR count). The standard InChI is InChI=1S/C13H17BrFNO2/c1-16(8-3-2-4-9-17)13(18)10-6-5-7-11(15)12(10)14/h5-7,17H,2-4,8-9H2,1H3. The monoisotopic (exact) mass is 317 g/mol. The maximum atomic E-state index is 13.3. The van der Waals surface area contributed by atoms with Gasteiger partial charge in [0.25, 0.3) is 5.91 Å². The van der Waals surface area contributed by atoms with E-state index in [1.165, 1.54) is 12.1 Å². The number of aliphatic hydroxyl groups is 1. The summed E-state index contributed by atoms with van der Waals surface area (Å²) in [5.74, 6) is -0.639. The SMILES string of the molecule is CN(CCCCCO)C(=O)c1cccc(F)c1Br. The van der Waals surface area contributed by atoms with Crippen molar-refractivity contribution < 1.29 is 14.3 Å². The quantitative estimate of drug-likeness (QED) is 0.820. The summed E-state index contributed by atoms with van der Waals surface area (Å²) in [5, 5.41) is 8.66. The van der Waals surface area contributed by atoms with Crippen LogP contribution in [0.1, 0.15) is 29.6 Å². The molecule has 0 saturated heterocycles. The number of aliphatic hydroxyl groups excluding tert-OH is 1. The second kappa shape index (κ2) is 7.48. The zero-order chi connectivity index (χ0) is 13.5. The van der Waals surface area contributed by atoms with Gasteiger partial charge in [0.1, 0.15) is 5.82 Å². The van der Waals surface area contributed by atoms with Crippen LogP contribution in [0.2, 0.25) is 0 Å². The van der Waals surface area contributed by atoms with E-state index in [4.69, 9.17) is 5.11 Å². The van der Waals surface area contributed by atoms with Gasteiger partial charge in [0, 0.05) is 20.2 Å². The molecule has 1 aromatic rings. The van der Waals surface area contributed by atoms with E-state index in [1.54, 1.807) is 18.0 Å². The van der Waals surface area contributed by atoms with Gasteiger partial charge in [-0.3, -0.25) is 4.79 Å². The molecule has 0 radical (unpaired) electrons. The molecule has 0 unspecified atom stereocenters. The lowest BCUT2D eigenvalue weighted by atomic mass is 10.2. The molecular weight excluding hydrogens is 301 g/mol. The summed E-state index contributed by atoms with van der Waals surface area (Å²) in [5.41, 5.74) is 0.333. The third kappa shape index (κ3) is 4.07. The second-order valence-corrected chi connectivity index (χ2v) is 4.91. The van der Waals surface area contributed by atoms with Crippen molar-refractivity contribution >= 4 is 21.8 Å². The molecule has 100 valence electrons. The summed E-state index contributed by atoms with van der Waals surface area (Å²) in [6.45, 7) is 0.773. The first-order valence-electron chi connectivity index (χ1n) is 5.88. The predicted molar refractivity (Wildman–Crippen MR) is 72.0 cm³/mol. The Bertz CT molecular complexity index is 412. The highest BCUT2D eigenvalue weighted by molar-refractivity contribution is 9.10. The number of hydrogen-bond donors (Lipinski definition) is 1. The fourth-order valence-electron chi connectivity index (χ4n) is 1.61. The molecule has 5 heteroatoms. The van der Waals surface area contributed by atoms with Gasteiger partial charge in [-0.2, -0.15) is 0 Å².